The predicted molar refractivity (Wildman–Crippen MR) is 83.1 cm³/mol. The summed E-state index contributed by atoms with van der Waals surface area (Å²) < 4.78 is 0. The van der Waals surface area contributed by atoms with Gasteiger partial charge in [0.15, 0.2) is 0 Å². The van der Waals surface area contributed by atoms with Crippen molar-refractivity contribution in [2.24, 2.45) is 5.92 Å². The number of benzene rings is 1. The Morgan fingerprint density at radius 1 is 1.48 bits per heavy atom. The number of nitrogens with one attached hydrogen (secondary N) is 1. The lowest BCUT2D eigenvalue weighted by molar-refractivity contribution is -0.139. The highest BCUT2D eigenvalue weighted by molar-refractivity contribution is 6.31. The van der Waals surface area contributed by atoms with Crippen LogP contribution in [0.3, 0.4) is 0 Å². The zero-order chi connectivity index (χ0) is 15.4. The Hall–Kier alpha value is -1.55. The van der Waals surface area contributed by atoms with Crippen molar-refractivity contribution in [3.8, 4) is 0 Å². The molecular formula is C16H21ClN2O2. The minimum atomic E-state index is -0.206. The van der Waals surface area contributed by atoms with E-state index in [1.807, 2.05) is 31.2 Å². The minimum Gasteiger partial charge on any atom is -0.353 e. The molecule has 0 aliphatic carbocycles. The van der Waals surface area contributed by atoms with Gasteiger partial charge in [-0.25, -0.2) is 0 Å². The Morgan fingerprint density at radius 2 is 2.19 bits per heavy atom. The largest absolute Gasteiger partial charge is 0.353 e. The van der Waals surface area contributed by atoms with E-state index < -0.39 is 0 Å². The van der Waals surface area contributed by atoms with Gasteiger partial charge in [-0.3, -0.25) is 9.59 Å². The van der Waals surface area contributed by atoms with Crippen LogP contribution in [-0.4, -0.2) is 36.3 Å². The van der Waals surface area contributed by atoms with Gasteiger partial charge in [-0.15, -0.1) is 0 Å². The summed E-state index contributed by atoms with van der Waals surface area (Å²) >= 11 is 6.13. The number of hydrogen-bond acceptors (Lipinski definition) is 2. The molecule has 1 fully saturated rings. The molecule has 0 saturated carbocycles. The second-order valence-electron chi connectivity index (χ2n) is 5.71. The minimum absolute atomic E-state index is 0.00726. The molecule has 1 aromatic carbocycles. The van der Waals surface area contributed by atoms with E-state index in [9.17, 15) is 9.59 Å². The summed E-state index contributed by atoms with van der Waals surface area (Å²) in [5, 5.41) is 3.71. The van der Waals surface area contributed by atoms with Gasteiger partial charge in [-0.2, -0.15) is 0 Å². The van der Waals surface area contributed by atoms with Gasteiger partial charge in [0.1, 0.15) is 0 Å². The van der Waals surface area contributed by atoms with Crippen molar-refractivity contribution in [2.45, 2.75) is 32.2 Å². The Labute approximate surface area is 130 Å². The van der Waals surface area contributed by atoms with Crippen LogP contribution in [-0.2, 0) is 16.0 Å². The van der Waals surface area contributed by atoms with Gasteiger partial charge >= 0.3 is 0 Å². The topological polar surface area (TPSA) is 49.4 Å². The van der Waals surface area contributed by atoms with E-state index in [1.54, 1.807) is 11.9 Å². The number of halogens is 1. The zero-order valence-electron chi connectivity index (χ0n) is 12.4. The molecule has 1 aliphatic heterocycles. The molecule has 1 saturated heterocycles. The number of nitrogens with zero attached hydrogens (tertiary/aromatic N) is 1. The number of hydrogen-bond donors (Lipinski definition) is 1. The van der Waals surface area contributed by atoms with Gasteiger partial charge in [-0.05, 0) is 31.4 Å². The van der Waals surface area contributed by atoms with Crippen LogP contribution in [0.5, 0.6) is 0 Å². The van der Waals surface area contributed by atoms with Crippen molar-refractivity contribution in [1.29, 1.82) is 0 Å². The molecule has 2 unspecified atom stereocenters. The Morgan fingerprint density at radius 3 is 2.86 bits per heavy atom. The fourth-order valence-electron chi connectivity index (χ4n) is 2.57. The van der Waals surface area contributed by atoms with Crippen LogP contribution in [0.1, 0.15) is 25.3 Å². The molecule has 1 aromatic rings. The average Bonchev–Trinajstić information content (AvgIpc) is 2.44. The number of rotatable bonds is 4. The van der Waals surface area contributed by atoms with Crippen LogP contribution in [0.15, 0.2) is 24.3 Å². The van der Waals surface area contributed by atoms with Gasteiger partial charge in [0, 0.05) is 37.0 Å². The SMILES string of the molecule is CC(Cc1ccccc1Cl)NC(=O)C1CCN(C)C(=O)C1. The van der Waals surface area contributed by atoms with Crippen molar-refractivity contribution in [3.63, 3.8) is 0 Å². The molecule has 21 heavy (non-hydrogen) atoms. The third kappa shape index (κ3) is 4.21. The van der Waals surface area contributed by atoms with E-state index in [0.717, 1.165) is 12.0 Å². The molecule has 0 radical (unpaired) electrons. The molecule has 1 heterocycles. The fraction of sp³-hybridized carbons (Fsp3) is 0.500. The quantitative estimate of drug-likeness (QED) is 0.927. The monoisotopic (exact) mass is 308 g/mol. The first-order valence-corrected chi connectivity index (χ1v) is 7.63. The van der Waals surface area contributed by atoms with Crippen LogP contribution in [0.25, 0.3) is 0 Å². The highest BCUT2D eigenvalue weighted by Gasteiger charge is 2.29. The Bertz CT molecular complexity index is 533. The lowest BCUT2D eigenvalue weighted by atomic mass is 9.95. The standard InChI is InChI=1S/C16H21ClN2O2/c1-11(9-12-5-3-4-6-14(12)17)18-16(21)13-7-8-19(2)15(20)10-13/h3-6,11,13H,7-10H2,1-2H3,(H,18,21). The molecule has 2 atom stereocenters. The van der Waals surface area contributed by atoms with E-state index in [1.165, 1.54) is 0 Å². The maximum absolute atomic E-state index is 12.2. The van der Waals surface area contributed by atoms with E-state index in [4.69, 9.17) is 11.6 Å². The lowest BCUT2D eigenvalue weighted by Gasteiger charge is -2.28. The van der Waals surface area contributed by atoms with E-state index >= 15 is 0 Å². The molecule has 114 valence electrons. The summed E-state index contributed by atoms with van der Waals surface area (Å²) in [6, 6.07) is 7.63. The first-order chi connectivity index (χ1) is 9.97. The van der Waals surface area contributed by atoms with Gasteiger partial charge in [-0.1, -0.05) is 29.8 Å². The van der Waals surface area contributed by atoms with Gasteiger partial charge in [0.2, 0.25) is 11.8 Å². The highest BCUT2D eigenvalue weighted by atomic mass is 35.5. The number of carbonyl (C=O) groups excluding carboxylic acids is 2. The molecule has 0 spiro atoms. The molecule has 0 aromatic heterocycles. The maximum Gasteiger partial charge on any atom is 0.223 e. The van der Waals surface area contributed by atoms with Gasteiger partial charge in [0.25, 0.3) is 0 Å². The van der Waals surface area contributed by atoms with E-state index in [2.05, 4.69) is 5.32 Å². The average molecular weight is 309 g/mol. The van der Waals surface area contributed by atoms with Crippen molar-refractivity contribution in [1.82, 2.24) is 10.2 Å². The third-order valence-corrected chi connectivity index (χ3v) is 4.27. The maximum atomic E-state index is 12.2. The number of carbonyl (C=O) groups is 2. The van der Waals surface area contributed by atoms with Gasteiger partial charge in [0.05, 0.1) is 0 Å². The van der Waals surface area contributed by atoms with Crippen LogP contribution in [0.4, 0.5) is 0 Å². The number of amides is 2. The molecule has 5 heteroatoms. The summed E-state index contributed by atoms with van der Waals surface area (Å²) in [6.07, 6.45) is 1.72. The molecule has 1 aliphatic rings. The van der Waals surface area contributed by atoms with Crippen LogP contribution < -0.4 is 5.32 Å². The van der Waals surface area contributed by atoms with Crippen LogP contribution in [0, 0.1) is 5.92 Å². The normalized spacial score (nSPS) is 20.2. The first kappa shape index (κ1) is 15.8. The fourth-order valence-corrected chi connectivity index (χ4v) is 2.79. The van der Waals surface area contributed by atoms with E-state index in [0.29, 0.717) is 24.4 Å². The van der Waals surface area contributed by atoms with Crippen molar-refractivity contribution < 1.29 is 9.59 Å². The predicted octanol–water partition coefficient (Wildman–Crippen LogP) is 2.26. The Kier molecular flexibility index (Phi) is 5.23. The van der Waals surface area contributed by atoms with Crippen LogP contribution in [0.2, 0.25) is 5.02 Å². The molecule has 1 N–H and O–H groups in total. The summed E-state index contributed by atoms with van der Waals surface area (Å²) in [6.45, 7) is 2.60. The summed E-state index contributed by atoms with van der Waals surface area (Å²) in [7, 11) is 1.77. The number of piperidine rings is 1. The van der Waals surface area contributed by atoms with Crippen molar-refractivity contribution in [3.05, 3.63) is 34.9 Å². The van der Waals surface area contributed by atoms with Gasteiger partial charge < -0.3 is 10.2 Å². The highest BCUT2D eigenvalue weighted by Crippen LogP contribution is 2.19. The molecule has 0 bridgehead atoms. The molecular weight excluding hydrogens is 288 g/mol. The van der Waals surface area contributed by atoms with Crippen molar-refractivity contribution >= 4 is 23.4 Å². The number of likely N-dealkylation sites (tertiary alicyclic amines) is 1. The summed E-state index contributed by atoms with van der Waals surface area (Å²) in [5.41, 5.74) is 1.02. The third-order valence-electron chi connectivity index (χ3n) is 3.90. The summed E-state index contributed by atoms with van der Waals surface area (Å²) in [4.78, 5) is 25.6. The summed E-state index contributed by atoms with van der Waals surface area (Å²) in [5.74, 6) is -0.196. The van der Waals surface area contributed by atoms with E-state index in [-0.39, 0.29) is 23.8 Å². The molecule has 4 nitrogen and oxygen atoms in total. The Balaban J connectivity index is 1.88. The second kappa shape index (κ2) is 6.94. The molecule has 2 rings (SSSR count). The van der Waals surface area contributed by atoms with Crippen LogP contribution >= 0.6 is 11.6 Å². The zero-order valence-corrected chi connectivity index (χ0v) is 13.2. The van der Waals surface area contributed by atoms with Crippen molar-refractivity contribution in [2.75, 3.05) is 13.6 Å². The molecule has 2 amide bonds. The lowest BCUT2D eigenvalue weighted by Crippen LogP contribution is -2.44. The smallest absolute Gasteiger partial charge is 0.223 e. The second-order valence-corrected chi connectivity index (χ2v) is 6.12. The first-order valence-electron chi connectivity index (χ1n) is 7.25.